The highest BCUT2D eigenvalue weighted by molar-refractivity contribution is 5.93. The van der Waals surface area contributed by atoms with E-state index in [1.54, 1.807) is 24.1 Å². The van der Waals surface area contributed by atoms with Crippen LogP contribution in [0.5, 0.6) is 0 Å². The summed E-state index contributed by atoms with van der Waals surface area (Å²) >= 11 is 0. The van der Waals surface area contributed by atoms with Crippen molar-refractivity contribution in [2.24, 2.45) is 0 Å². The molecule has 154 valence electrons. The number of aromatic nitrogens is 2. The van der Waals surface area contributed by atoms with Crippen LogP contribution in [0, 0.1) is 0 Å². The molecule has 4 rings (SSSR count). The molecule has 0 unspecified atom stereocenters. The lowest BCUT2D eigenvalue weighted by Gasteiger charge is -2.40. The second-order valence-corrected chi connectivity index (χ2v) is 7.96. The zero-order valence-electron chi connectivity index (χ0n) is 16.2. The van der Waals surface area contributed by atoms with Crippen molar-refractivity contribution in [3.63, 3.8) is 0 Å². The van der Waals surface area contributed by atoms with E-state index in [4.69, 9.17) is 0 Å². The highest BCUT2D eigenvalue weighted by Gasteiger charge is 2.46. The smallest absolute Gasteiger partial charge is 0.257 e. The molecule has 0 spiro atoms. The number of pyridine rings is 2. The molecule has 1 saturated heterocycles. The maximum Gasteiger partial charge on any atom is 0.257 e. The number of amides is 1. The SMILES string of the molecule is C[C@@H](C(=O)Nc1ccc(C2CC2)cn1)N1CCC(F)(F)[C@@H](c2ccc(=O)[nH]c2)C1. The van der Waals surface area contributed by atoms with Crippen molar-refractivity contribution in [2.45, 2.75) is 50.0 Å². The van der Waals surface area contributed by atoms with Crippen molar-refractivity contribution in [2.75, 3.05) is 18.4 Å². The summed E-state index contributed by atoms with van der Waals surface area (Å²) in [5, 5.41) is 2.78. The third-order valence-corrected chi connectivity index (χ3v) is 5.88. The van der Waals surface area contributed by atoms with E-state index in [9.17, 15) is 18.4 Å². The number of halogens is 2. The number of H-pyrrole nitrogens is 1. The van der Waals surface area contributed by atoms with Gasteiger partial charge in [-0.15, -0.1) is 0 Å². The maximum atomic E-state index is 14.5. The van der Waals surface area contributed by atoms with Gasteiger partial charge >= 0.3 is 0 Å². The molecule has 29 heavy (non-hydrogen) atoms. The van der Waals surface area contributed by atoms with Gasteiger partial charge in [0.2, 0.25) is 11.5 Å². The van der Waals surface area contributed by atoms with E-state index < -0.39 is 17.9 Å². The number of aromatic amines is 1. The minimum atomic E-state index is -2.90. The van der Waals surface area contributed by atoms with Crippen LogP contribution in [0.4, 0.5) is 14.6 Å². The standard InChI is InChI=1S/C21H24F2N4O2/c1-13(20(29)26-18-6-4-15(10-24-18)14-2-3-14)27-9-8-21(22,23)17(12-27)16-5-7-19(28)25-11-16/h4-7,10-11,13-14,17H,2-3,8-9,12H2,1H3,(H,25,28)(H,24,26,29)/t13-,17+/m0/s1. The molecule has 0 aromatic carbocycles. The van der Waals surface area contributed by atoms with Gasteiger partial charge in [0.05, 0.1) is 12.0 Å². The number of carbonyl (C=O) groups excluding carboxylic acids is 1. The van der Waals surface area contributed by atoms with Crippen molar-refractivity contribution < 1.29 is 13.6 Å². The lowest BCUT2D eigenvalue weighted by Crippen LogP contribution is -2.52. The second-order valence-electron chi connectivity index (χ2n) is 7.96. The summed E-state index contributed by atoms with van der Waals surface area (Å²) in [6.45, 7) is 1.86. The van der Waals surface area contributed by atoms with Crippen LogP contribution >= 0.6 is 0 Å². The fraction of sp³-hybridized carbons (Fsp3) is 0.476. The second kappa shape index (κ2) is 7.67. The van der Waals surface area contributed by atoms with Crippen LogP contribution in [0.25, 0.3) is 0 Å². The highest BCUT2D eigenvalue weighted by Crippen LogP contribution is 2.41. The molecular formula is C21H24F2N4O2. The molecule has 2 aromatic rings. The van der Waals surface area contributed by atoms with Gasteiger partial charge in [0.1, 0.15) is 5.82 Å². The molecule has 2 aliphatic rings. The molecule has 3 heterocycles. The van der Waals surface area contributed by atoms with Crippen LogP contribution in [0.1, 0.15) is 49.1 Å². The van der Waals surface area contributed by atoms with Crippen LogP contribution in [-0.4, -0.2) is 45.8 Å². The van der Waals surface area contributed by atoms with Crippen molar-refractivity contribution in [3.8, 4) is 0 Å². The lowest BCUT2D eigenvalue weighted by atomic mass is 9.87. The number of rotatable bonds is 5. The average Bonchev–Trinajstić information content (AvgIpc) is 3.54. The third-order valence-electron chi connectivity index (χ3n) is 5.88. The Kier molecular flexibility index (Phi) is 5.21. The third kappa shape index (κ3) is 4.37. The number of hydrogen-bond donors (Lipinski definition) is 2. The van der Waals surface area contributed by atoms with Crippen LogP contribution in [-0.2, 0) is 4.79 Å². The van der Waals surface area contributed by atoms with Crippen molar-refractivity contribution in [1.29, 1.82) is 0 Å². The molecule has 2 aromatic heterocycles. The number of nitrogens with one attached hydrogen (secondary N) is 2. The molecular weight excluding hydrogens is 378 g/mol. The minimum Gasteiger partial charge on any atom is -0.329 e. The Morgan fingerprint density at radius 3 is 2.66 bits per heavy atom. The van der Waals surface area contributed by atoms with Gasteiger partial charge in [-0.1, -0.05) is 12.1 Å². The fourth-order valence-corrected chi connectivity index (χ4v) is 3.80. The van der Waals surface area contributed by atoms with Crippen molar-refractivity contribution >= 4 is 11.7 Å². The van der Waals surface area contributed by atoms with E-state index in [-0.39, 0.29) is 31.0 Å². The molecule has 0 bridgehead atoms. The Bertz CT molecular complexity index is 920. The largest absolute Gasteiger partial charge is 0.329 e. The van der Waals surface area contributed by atoms with Gasteiger partial charge in [-0.2, -0.15) is 0 Å². The van der Waals surface area contributed by atoms with E-state index in [1.165, 1.54) is 36.7 Å². The Morgan fingerprint density at radius 1 is 1.28 bits per heavy atom. The molecule has 1 amide bonds. The van der Waals surface area contributed by atoms with Crippen molar-refractivity contribution in [3.05, 3.63) is 58.1 Å². The first-order valence-electron chi connectivity index (χ1n) is 9.91. The summed E-state index contributed by atoms with van der Waals surface area (Å²) in [6.07, 6.45) is 5.13. The number of hydrogen-bond acceptors (Lipinski definition) is 4. The van der Waals surface area contributed by atoms with Crippen LogP contribution in [0.3, 0.4) is 0 Å². The Hall–Kier alpha value is -2.61. The Morgan fingerprint density at radius 2 is 2.03 bits per heavy atom. The first-order chi connectivity index (χ1) is 13.8. The molecule has 1 saturated carbocycles. The van der Waals surface area contributed by atoms with E-state index in [0.29, 0.717) is 17.3 Å². The summed E-state index contributed by atoms with van der Waals surface area (Å²) in [7, 11) is 0. The zero-order valence-corrected chi connectivity index (χ0v) is 16.2. The maximum absolute atomic E-state index is 14.5. The zero-order chi connectivity index (χ0) is 20.6. The molecule has 2 N–H and O–H groups in total. The van der Waals surface area contributed by atoms with Gasteiger partial charge in [0.25, 0.3) is 5.92 Å². The number of piperidine rings is 1. The molecule has 6 nitrogen and oxygen atoms in total. The van der Waals surface area contributed by atoms with Crippen molar-refractivity contribution in [1.82, 2.24) is 14.9 Å². The van der Waals surface area contributed by atoms with Gasteiger partial charge in [0.15, 0.2) is 0 Å². The summed E-state index contributed by atoms with van der Waals surface area (Å²) in [6, 6.07) is 5.85. The monoisotopic (exact) mass is 402 g/mol. The molecule has 0 radical (unpaired) electrons. The summed E-state index contributed by atoms with van der Waals surface area (Å²) in [5.74, 6) is -3.20. The number of carbonyl (C=O) groups is 1. The quantitative estimate of drug-likeness (QED) is 0.806. The minimum absolute atomic E-state index is 0.0294. The van der Waals surface area contributed by atoms with E-state index >= 15 is 0 Å². The fourth-order valence-electron chi connectivity index (χ4n) is 3.80. The van der Waals surface area contributed by atoms with E-state index in [0.717, 1.165) is 0 Å². The molecule has 1 aliphatic heterocycles. The summed E-state index contributed by atoms with van der Waals surface area (Å²) < 4.78 is 29.0. The predicted octanol–water partition coefficient (Wildman–Crippen LogP) is 3.10. The highest BCUT2D eigenvalue weighted by atomic mass is 19.3. The summed E-state index contributed by atoms with van der Waals surface area (Å²) in [5.41, 5.74) is 1.21. The first kappa shape index (κ1) is 19.7. The Labute approximate surface area is 167 Å². The van der Waals surface area contributed by atoms with E-state index in [1.807, 2.05) is 6.07 Å². The normalized spacial score (nSPS) is 22.8. The van der Waals surface area contributed by atoms with Crippen LogP contribution < -0.4 is 10.9 Å². The van der Waals surface area contributed by atoms with E-state index in [2.05, 4.69) is 15.3 Å². The molecule has 2 fully saturated rings. The average molecular weight is 402 g/mol. The molecule has 2 atom stereocenters. The van der Waals surface area contributed by atoms with Gasteiger partial charge in [-0.25, -0.2) is 13.8 Å². The van der Waals surface area contributed by atoms with Crippen LogP contribution in [0.2, 0.25) is 0 Å². The van der Waals surface area contributed by atoms with Crippen LogP contribution in [0.15, 0.2) is 41.5 Å². The Balaban J connectivity index is 1.43. The van der Waals surface area contributed by atoms with Gasteiger partial charge in [0, 0.05) is 38.0 Å². The van der Waals surface area contributed by atoms with Gasteiger partial charge < -0.3 is 10.3 Å². The topological polar surface area (TPSA) is 78.1 Å². The summed E-state index contributed by atoms with van der Waals surface area (Å²) in [4.78, 5) is 32.4. The molecule has 8 heteroatoms. The number of nitrogens with zero attached hydrogens (tertiary/aromatic N) is 2. The number of anilines is 1. The van der Waals surface area contributed by atoms with Gasteiger partial charge in [-0.05, 0) is 42.9 Å². The first-order valence-corrected chi connectivity index (χ1v) is 9.91. The molecule has 1 aliphatic carbocycles. The van der Waals surface area contributed by atoms with Gasteiger partial charge in [-0.3, -0.25) is 14.5 Å². The number of likely N-dealkylation sites (tertiary alicyclic amines) is 1. The number of alkyl halides is 2. The lowest BCUT2D eigenvalue weighted by molar-refractivity contribution is -0.125. The predicted molar refractivity (Wildman–Crippen MR) is 105 cm³/mol.